The highest BCUT2D eigenvalue weighted by Gasteiger charge is 2.45. The molecule has 4 heteroatoms. The highest BCUT2D eigenvalue weighted by Crippen LogP contribution is 2.42. The summed E-state index contributed by atoms with van der Waals surface area (Å²) < 4.78 is 0. The SMILES string of the molecule is CN(C)C(=O)C[C@H](c1ccccc1)[C@@](C)(C(=O)N(C)C)c1ccccc1. The number of hydrogen-bond acceptors (Lipinski definition) is 2. The van der Waals surface area contributed by atoms with E-state index in [0.29, 0.717) is 0 Å². The Kier molecular flexibility index (Phi) is 6.19. The Balaban J connectivity index is 2.65. The molecule has 138 valence electrons. The third kappa shape index (κ3) is 3.96. The summed E-state index contributed by atoms with van der Waals surface area (Å²) in [5.41, 5.74) is 1.06. The fourth-order valence-corrected chi connectivity index (χ4v) is 3.42. The van der Waals surface area contributed by atoms with Crippen LogP contribution in [0, 0.1) is 0 Å². The Morgan fingerprint density at radius 3 is 1.81 bits per heavy atom. The van der Waals surface area contributed by atoms with Crippen molar-refractivity contribution in [1.82, 2.24) is 9.80 Å². The van der Waals surface area contributed by atoms with E-state index in [9.17, 15) is 9.59 Å². The Morgan fingerprint density at radius 1 is 0.846 bits per heavy atom. The van der Waals surface area contributed by atoms with E-state index in [1.807, 2.05) is 67.6 Å². The molecule has 4 nitrogen and oxygen atoms in total. The second kappa shape index (κ2) is 8.17. The topological polar surface area (TPSA) is 40.6 Å². The van der Waals surface area contributed by atoms with E-state index in [2.05, 4.69) is 0 Å². The molecule has 0 saturated heterocycles. The lowest BCUT2D eigenvalue weighted by atomic mass is 9.66. The first-order valence-electron chi connectivity index (χ1n) is 8.80. The van der Waals surface area contributed by atoms with Crippen LogP contribution in [0.5, 0.6) is 0 Å². The first-order valence-corrected chi connectivity index (χ1v) is 8.80. The fraction of sp³-hybridized carbons (Fsp3) is 0.364. The molecule has 0 aliphatic rings. The van der Waals surface area contributed by atoms with E-state index in [1.165, 1.54) is 0 Å². The minimum Gasteiger partial charge on any atom is -0.349 e. The van der Waals surface area contributed by atoms with Gasteiger partial charge in [0.1, 0.15) is 0 Å². The van der Waals surface area contributed by atoms with Gasteiger partial charge < -0.3 is 9.80 Å². The average molecular weight is 352 g/mol. The smallest absolute Gasteiger partial charge is 0.233 e. The summed E-state index contributed by atoms with van der Waals surface area (Å²) in [7, 11) is 7.02. The summed E-state index contributed by atoms with van der Waals surface area (Å²) >= 11 is 0. The average Bonchev–Trinajstić information content (AvgIpc) is 2.65. The van der Waals surface area contributed by atoms with Crippen LogP contribution in [0.3, 0.4) is 0 Å². The lowest BCUT2D eigenvalue weighted by molar-refractivity contribution is -0.136. The van der Waals surface area contributed by atoms with E-state index in [1.54, 1.807) is 38.0 Å². The van der Waals surface area contributed by atoms with Crippen molar-refractivity contribution in [2.45, 2.75) is 24.7 Å². The zero-order valence-corrected chi connectivity index (χ0v) is 16.3. The van der Waals surface area contributed by atoms with Gasteiger partial charge in [0.25, 0.3) is 0 Å². The van der Waals surface area contributed by atoms with Crippen LogP contribution in [0.1, 0.15) is 30.4 Å². The zero-order chi connectivity index (χ0) is 19.3. The van der Waals surface area contributed by atoms with Gasteiger partial charge in [0, 0.05) is 40.5 Å². The van der Waals surface area contributed by atoms with Crippen LogP contribution >= 0.6 is 0 Å². The van der Waals surface area contributed by atoms with Gasteiger partial charge in [0.15, 0.2) is 0 Å². The number of likely N-dealkylation sites (N-methyl/N-ethyl adjacent to an activating group) is 1. The molecule has 0 bridgehead atoms. The van der Waals surface area contributed by atoms with Crippen LogP contribution in [-0.2, 0) is 15.0 Å². The maximum atomic E-state index is 13.3. The summed E-state index contributed by atoms with van der Waals surface area (Å²) in [6, 6.07) is 19.6. The summed E-state index contributed by atoms with van der Waals surface area (Å²) in [6.45, 7) is 1.95. The molecule has 26 heavy (non-hydrogen) atoms. The Labute approximate surface area is 156 Å². The molecule has 0 aliphatic carbocycles. The lowest BCUT2D eigenvalue weighted by Gasteiger charge is -2.39. The molecule has 2 aromatic rings. The van der Waals surface area contributed by atoms with Crippen molar-refractivity contribution in [3.63, 3.8) is 0 Å². The third-order valence-electron chi connectivity index (χ3n) is 5.00. The first kappa shape index (κ1) is 19.7. The first-order chi connectivity index (χ1) is 12.3. The highest BCUT2D eigenvalue weighted by atomic mass is 16.2. The van der Waals surface area contributed by atoms with E-state index in [-0.39, 0.29) is 24.2 Å². The molecule has 0 heterocycles. The molecular formula is C22H28N2O2. The quantitative estimate of drug-likeness (QED) is 0.800. The molecule has 0 N–H and O–H groups in total. The monoisotopic (exact) mass is 352 g/mol. The number of hydrogen-bond donors (Lipinski definition) is 0. The maximum absolute atomic E-state index is 13.3. The predicted octanol–water partition coefficient (Wildman–Crippen LogP) is 3.29. The molecule has 0 aromatic heterocycles. The molecule has 0 spiro atoms. The van der Waals surface area contributed by atoms with Crippen molar-refractivity contribution < 1.29 is 9.59 Å². The molecule has 0 saturated carbocycles. The standard InChI is InChI=1S/C22H28N2O2/c1-22(21(26)24(4)5,18-14-10-7-11-15-18)19(16-20(25)23(2)3)17-12-8-6-9-13-17/h6-15,19H,16H2,1-5H3/t19-,22+/m1/s1. The Bertz CT molecular complexity index is 741. The molecule has 2 aromatic carbocycles. The van der Waals surface area contributed by atoms with Crippen molar-refractivity contribution in [3.05, 3.63) is 71.8 Å². The van der Waals surface area contributed by atoms with Crippen molar-refractivity contribution in [2.24, 2.45) is 0 Å². The number of carbonyl (C=O) groups excluding carboxylic acids is 2. The van der Waals surface area contributed by atoms with Gasteiger partial charge in [0.05, 0.1) is 5.41 Å². The van der Waals surface area contributed by atoms with E-state index >= 15 is 0 Å². The van der Waals surface area contributed by atoms with Crippen molar-refractivity contribution in [2.75, 3.05) is 28.2 Å². The van der Waals surface area contributed by atoms with Gasteiger partial charge in [-0.2, -0.15) is 0 Å². The van der Waals surface area contributed by atoms with E-state index < -0.39 is 5.41 Å². The molecule has 0 unspecified atom stereocenters. The minimum atomic E-state index is -0.849. The second-order valence-corrected chi connectivity index (χ2v) is 7.22. The van der Waals surface area contributed by atoms with Gasteiger partial charge in [-0.1, -0.05) is 60.7 Å². The lowest BCUT2D eigenvalue weighted by Crippen LogP contribution is -2.47. The van der Waals surface area contributed by atoms with Gasteiger partial charge in [-0.25, -0.2) is 0 Å². The van der Waals surface area contributed by atoms with Crippen LogP contribution < -0.4 is 0 Å². The van der Waals surface area contributed by atoms with Crippen LogP contribution in [-0.4, -0.2) is 49.8 Å². The zero-order valence-electron chi connectivity index (χ0n) is 16.3. The highest BCUT2D eigenvalue weighted by molar-refractivity contribution is 5.90. The fourth-order valence-electron chi connectivity index (χ4n) is 3.42. The number of rotatable bonds is 6. The summed E-state index contributed by atoms with van der Waals surface area (Å²) in [5.74, 6) is -0.271. The van der Waals surface area contributed by atoms with Gasteiger partial charge in [-0.3, -0.25) is 9.59 Å². The summed E-state index contributed by atoms with van der Waals surface area (Å²) in [6.07, 6.45) is 0.266. The van der Waals surface area contributed by atoms with Gasteiger partial charge in [-0.05, 0) is 18.1 Å². The van der Waals surface area contributed by atoms with Crippen LogP contribution in [0.25, 0.3) is 0 Å². The largest absolute Gasteiger partial charge is 0.349 e. The molecule has 2 atom stereocenters. The van der Waals surface area contributed by atoms with Crippen LogP contribution in [0.2, 0.25) is 0 Å². The second-order valence-electron chi connectivity index (χ2n) is 7.22. The molecule has 0 aliphatic heterocycles. The number of benzene rings is 2. The molecule has 2 amide bonds. The number of amides is 2. The van der Waals surface area contributed by atoms with Crippen molar-refractivity contribution >= 4 is 11.8 Å². The van der Waals surface area contributed by atoms with Crippen molar-refractivity contribution in [1.29, 1.82) is 0 Å². The Morgan fingerprint density at radius 2 is 1.35 bits per heavy atom. The summed E-state index contributed by atoms with van der Waals surface area (Å²) in [4.78, 5) is 29.1. The predicted molar refractivity (Wildman–Crippen MR) is 105 cm³/mol. The van der Waals surface area contributed by atoms with Crippen molar-refractivity contribution in [3.8, 4) is 0 Å². The number of carbonyl (C=O) groups is 2. The van der Waals surface area contributed by atoms with Gasteiger partial charge in [-0.15, -0.1) is 0 Å². The van der Waals surface area contributed by atoms with Gasteiger partial charge in [0.2, 0.25) is 11.8 Å². The summed E-state index contributed by atoms with van der Waals surface area (Å²) in [5, 5.41) is 0. The van der Waals surface area contributed by atoms with Crippen LogP contribution in [0.15, 0.2) is 60.7 Å². The van der Waals surface area contributed by atoms with Gasteiger partial charge >= 0.3 is 0 Å². The minimum absolute atomic E-state index is 0.00700. The molecule has 0 radical (unpaired) electrons. The molecular weight excluding hydrogens is 324 g/mol. The molecule has 2 rings (SSSR count). The third-order valence-corrected chi connectivity index (χ3v) is 5.00. The number of nitrogens with zero attached hydrogens (tertiary/aromatic N) is 2. The molecule has 0 fully saturated rings. The van der Waals surface area contributed by atoms with E-state index in [0.717, 1.165) is 11.1 Å². The Hall–Kier alpha value is -2.62. The van der Waals surface area contributed by atoms with Crippen LogP contribution in [0.4, 0.5) is 0 Å². The maximum Gasteiger partial charge on any atom is 0.233 e. The normalized spacial score (nSPS) is 14.2. The van der Waals surface area contributed by atoms with E-state index in [4.69, 9.17) is 0 Å².